The maximum Gasteiger partial charge on any atom is 0.0345 e. The van der Waals surface area contributed by atoms with Gasteiger partial charge in [-0.25, -0.2) is 0 Å². The number of nitrogens with two attached hydrogens (primary N) is 1. The molecule has 3 rings (SSSR count). The Balaban J connectivity index is 2.19. The highest BCUT2D eigenvalue weighted by atomic mass is 32.1. The molecule has 0 bridgehead atoms. The third-order valence-corrected chi connectivity index (χ3v) is 5.15. The van der Waals surface area contributed by atoms with Crippen molar-refractivity contribution in [2.75, 3.05) is 0 Å². The summed E-state index contributed by atoms with van der Waals surface area (Å²) in [6, 6.07) is 8.62. The average molecular weight is 231 g/mol. The fourth-order valence-corrected chi connectivity index (χ4v) is 3.62. The summed E-state index contributed by atoms with van der Waals surface area (Å²) in [5.41, 5.74) is 7.95. The van der Waals surface area contributed by atoms with E-state index in [-0.39, 0.29) is 11.0 Å². The minimum atomic E-state index is 0.0246. The zero-order valence-corrected chi connectivity index (χ0v) is 10.6. The van der Waals surface area contributed by atoms with Gasteiger partial charge in [0.15, 0.2) is 0 Å². The van der Waals surface area contributed by atoms with Crippen molar-refractivity contribution in [1.82, 2.24) is 0 Å². The second kappa shape index (κ2) is 3.08. The van der Waals surface area contributed by atoms with Crippen molar-refractivity contribution in [3.63, 3.8) is 0 Å². The standard InChI is InChI=1S/C14H17NS/c1-13(2,14(15)7-8-14)11-9-16-12-6-4-3-5-10(11)12/h3-6,9H,7-8,15H2,1-2H3. The summed E-state index contributed by atoms with van der Waals surface area (Å²) < 4.78 is 1.37. The first-order valence-electron chi connectivity index (χ1n) is 5.80. The fraction of sp³-hybridized carbons (Fsp3) is 0.429. The number of benzene rings is 1. The van der Waals surface area contributed by atoms with E-state index in [1.807, 2.05) is 11.3 Å². The van der Waals surface area contributed by atoms with Crippen molar-refractivity contribution < 1.29 is 0 Å². The van der Waals surface area contributed by atoms with Crippen LogP contribution in [0.25, 0.3) is 10.1 Å². The van der Waals surface area contributed by atoms with Crippen LogP contribution in [-0.4, -0.2) is 5.54 Å². The van der Waals surface area contributed by atoms with Gasteiger partial charge < -0.3 is 5.73 Å². The highest BCUT2D eigenvalue weighted by Gasteiger charge is 2.52. The lowest BCUT2D eigenvalue weighted by Crippen LogP contribution is -2.43. The van der Waals surface area contributed by atoms with Crippen molar-refractivity contribution in [3.8, 4) is 0 Å². The van der Waals surface area contributed by atoms with Gasteiger partial charge in [-0.05, 0) is 35.2 Å². The Hall–Kier alpha value is -0.860. The van der Waals surface area contributed by atoms with E-state index in [2.05, 4.69) is 43.5 Å². The molecule has 0 radical (unpaired) electrons. The highest BCUT2D eigenvalue weighted by molar-refractivity contribution is 7.17. The number of fused-ring (bicyclic) bond motifs is 1. The molecule has 0 unspecified atom stereocenters. The Morgan fingerprint density at radius 3 is 2.62 bits per heavy atom. The van der Waals surface area contributed by atoms with Gasteiger partial charge in [0.05, 0.1) is 0 Å². The van der Waals surface area contributed by atoms with E-state index in [1.165, 1.54) is 15.6 Å². The molecule has 2 aromatic rings. The SMILES string of the molecule is CC(C)(c1csc2ccccc12)C1(N)CC1. The van der Waals surface area contributed by atoms with Gasteiger partial charge in [-0.2, -0.15) is 0 Å². The van der Waals surface area contributed by atoms with E-state index in [9.17, 15) is 0 Å². The molecule has 0 saturated heterocycles. The first-order valence-corrected chi connectivity index (χ1v) is 6.68. The summed E-state index contributed by atoms with van der Waals surface area (Å²) in [5.74, 6) is 0. The summed E-state index contributed by atoms with van der Waals surface area (Å²) >= 11 is 1.83. The molecule has 2 heteroatoms. The van der Waals surface area contributed by atoms with Crippen LogP contribution in [0.15, 0.2) is 29.6 Å². The van der Waals surface area contributed by atoms with E-state index < -0.39 is 0 Å². The molecule has 1 heterocycles. The summed E-state index contributed by atoms with van der Waals surface area (Å²) in [4.78, 5) is 0. The molecule has 0 amide bonds. The summed E-state index contributed by atoms with van der Waals surface area (Å²) in [5, 5.41) is 3.67. The highest BCUT2D eigenvalue weighted by Crippen LogP contribution is 2.51. The molecular formula is C14H17NS. The quantitative estimate of drug-likeness (QED) is 0.838. The molecule has 1 aliphatic carbocycles. The summed E-state index contributed by atoms with van der Waals surface area (Å²) in [6.07, 6.45) is 2.31. The normalized spacial score (nSPS) is 18.9. The van der Waals surface area contributed by atoms with E-state index in [1.54, 1.807) is 0 Å². The van der Waals surface area contributed by atoms with Gasteiger partial charge in [0, 0.05) is 15.7 Å². The van der Waals surface area contributed by atoms with Gasteiger partial charge in [-0.1, -0.05) is 32.0 Å². The lowest BCUT2D eigenvalue weighted by molar-refractivity contribution is 0.395. The maximum absolute atomic E-state index is 6.41. The lowest BCUT2D eigenvalue weighted by atomic mass is 9.76. The predicted molar refractivity (Wildman–Crippen MR) is 71.0 cm³/mol. The van der Waals surface area contributed by atoms with E-state index in [0.717, 1.165) is 12.8 Å². The van der Waals surface area contributed by atoms with Crippen LogP contribution in [0.5, 0.6) is 0 Å². The van der Waals surface area contributed by atoms with Crippen LogP contribution < -0.4 is 5.73 Å². The Morgan fingerprint density at radius 2 is 1.94 bits per heavy atom. The Kier molecular flexibility index (Phi) is 1.99. The largest absolute Gasteiger partial charge is 0.324 e. The molecule has 1 aromatic carbocycles. The predicted octanol–water partition coefficient (Wildman–Crippen LogP) is 3.67. The van der Waals surface area contributed by atoms with Gasteiger partial charge in [0.2, 0.25) is 0 Å². The van der Waals surface area contributed by atoms with Crippen LogP contribution in [0.1, 0.15) is 32.3 Å². The first kappa shape index (κ1) is 10.3. The molecule has 16 heavy (non-hydrogen) atoms. The van der Waals surface area contributed by atoms with Crippen LogP contribution in [0.3, 0.4) is 0 Å². The molecule has 0 spiro atoms. The summed E-state index contributed by atoms with van der Waals surface area (Å²) in [6.45, 7) is 4.57. The molecule has 1 saturated carbocycles. The first-order chi connectivity index (χ1) is 7.55. The van der Waals surface area contributed by atoms with Crippen LogP contribution in [0.2, 0.25) is 0 Å². The van der Waals surface area contributed by atoms with Crippen LogP contribution in [0.4, 0.5) is 0 Å². The molecule has 0 atom stereocenters. The second-order valence-corrected chi connectivity index (χ2v) is 6.34. The van der Waals surface area contributed by atoms with Gasteiger partial charge in [-0.3, -0.25) is 0 Å². The minimum absolute atomic E-state index is 0.0246. The number of thiophene rings is 1. The molecule has 1 aliphatic rings. The molecule has 0 aliphatic heterocycles. The molecule has 1 aromatic heterocycles. The van der Waals surface area contributed by atoms with Crippen molar-refractivity contribution in [3.05, 3.63) is 35.2 Å². The Morgan fingerprint density at radius 1 is 1.25 bits per heavy atom. The molecule has 84 valence electrons. The van der Waals surface area contributed by atoms with Crippen molar-refractivity contribution >= 4 is 21.4 Å². The summed E-state index contributed by atoms with van der Waals surface area (Å²) in [7, 11) is 0. The molecule has 2 N–H and O–H groups in total. The van der Waals surface area contributed by atoms with E-state index >= 15 is 0 Å². The van der Waals surface area contributed by atoms with Crippen LogP contribution in [0, 0.1) is 0 Å². The monoisotopic (exact) mass is 231 g/mol. The van der Waals surface area contributed by atoms with Crippen LogP contribution >= 0.6 is 11.3 Å². The second-order valence-electron chi connectivity index (χ2n) is 5.43. The number of rotatable bonds is 2. The topological polar surface area (TPSA) is 26.0 Å². The van der Waals surface area contributed by atoms with E-state index in [4.69, 9.17) is 5.73 Å². The third-order valence-electron chi connectivity index (χ3n) is 4.19. The van der Waals surface area contributed by atoms with Crippen molar-refractivity contribution in [1.29, 1.82) is 0 Å². The Bertz CT molecular complexity index is 534. The van der Waals surface area contributed by atoms with Gasteiger partial charge in [-0.15, -0.1) is 11.3 Å². The van der Waals surface area contributed by atoms with Gasteiger partial charge in [0.25, 0.3) is 0 Å². The zero-order chi connectivity index (χ0) is 11.4. The van der Waals surface area contributed by atoms with Gasteiger partial charge in [0.1, 0.15) is 0 Å². The molecule has 1 fully saturated rings. The average Bonchev–Trinajstić information content (AvgIpc) is 2.88. The van der Waals surface area contributed by atoms with E-state index in [0.29, 0.717) is 0 Å². The smallest absolute Gasteiger partial charge is 0.0345 e. The Labute approximate surface area is 100 Å². The molecular weight excluding hydrogens is 214 g/mol. The van der Waals surface area contributed by atoms with Crippen molar-refractivity contribution in [2.45, 2.75) is 37.6 Å². The third kappa shape index (κ3) is 1.26. The zero-order valence-electron chi connectivity index (χ0n) is 9.79. The molecule has 1 nitrogen and oxygen atoms in total. The minimum Gasteiger partial charge on any atom is -0.324 e. The maximum atomic E-state index is 6.41. The van der Waals surface area contributed by atoms with Gasteiger partial charge >= 0.3 is 0 Å². The number of hydrogen-bond donors (Lipinski definition) is 1. The van der Waals surface area contributed by atoms with Crippen molar-refractivity contribution in [2.24, 2.45) is 5.73 Å². The number of hydrogen-bond acceptors (Lipinski definition) is 2. The fourth-order valence-electron chi connectivity index (χ4n) is 2.49. The van der Waals surface area contributed by atoms with Crippen LogP contribution in [-0.2, 0) is 5.41 Å². The lowest BCUT2D eigenvalue weighted by Gasteiger charge is -2.32.